The van der Waals surface area contributed by atoms with Crippen LogP contribution in [0.25, 0.3) is 0 Å². The van der Waals surface area contributed by atoms with Crippen LogP contribution in [-0.4, -0.2) is 10.5 Å². The van der Waals surface area contributed by atoms with Gasteiger partial charge in [0.25, 0.3) is 0 Å². The number of hydrogen-bond donors (Lipinski definition) is 0. The predicted molar refractivity (Wildman–Crippen MR) is 76.8 cm³/mol. The quantitative estimate of drug-likeness (QED) is 0.798. The summed E-state index contributed by atoms with van der Waals surface area (Å²) in [6.45, 7) is 4.04. The van der Waals surface area contributed by atoms with Crippen molar-refractivity contribution in [2.75, 3.05) is 6.26 Å². The van der Waals surface area contributed by atoms with Crippen LogP contribution < -0.4 is 0 Å². The van der Waals surface area contributed by atoms with E-state index in [0.29, 0.717) is 0 Å². The van der Waals surface area contributed by atoms with E-state index in [9.17, 15) is 4.21 Å². The highest BCUT2D eigenvalue weighted by Crippen LogP contribution is 2.21. The Kier molecular flexibility index (Phi) is 3.53. The number of aryl methyl sites for hydroxylation is 2. The molecule has 0 fully saturated rings. The van der Waals surface area contributed by atoms with Gasteiger partial charge < -0.3 is 0 Å². The first-order valence-electron chi connectivity index (χ1n) is 5.83. The minimum absolute atomic E-state index is 0.768. The van der Waals surface area contributed by atoms with Crippen molar-refractivity contribution in [1.29, 1.82) is 0 Å². The maximum Gasteiger partial charge on any atom is 0.0771 e. The molecule has 0 saturated carbocycles. The average molecular weight is 259 g/mol. The third kappa shape index (κ3) is 2.99. The average Bonchev–Trinajstić information content (AvgIpc) is 2.28. The number of hydrogen-bond acceptors (Lipinski definition) is 2. The van der Waals surface area contributed by atoms with Gasteiger partial charge in [-0.05, 0) is 49.2 Å². The third-order valence-corrected chi connectivity index (χ3v) is 4.37. The molecule has 0 heterocycles. The van der Waals surface area contributed by atoms with Crippen LogP contribution in [0.1, 0.15) is 11.1 Å². The Balaban J connectivity index is 2.53. The van der Waals surface area contributed by atoms with Crippen molar-refractivity contribution in [3.05, 3.63) is 59.7 Å². The number of nitrogens with zero attached hydrogens (tertiary/aromatic N) is 1. The second-order valence-corrected chi connectivity index (χ2v) is 6.81. The normalized spacial score (nSPS) is 13.9. The molecular formula is C15H17NOS. The molecule has 2 aromatic carbocycles. The van der Waals surface area contributed by atoms with E-state index in [1.54, 1.807) is 6.26 Å². The van der Waals surface area contributed by atoms with Crippen molar-refractivity contribution in [1.82, 2.24) is 0 Å². The van der Waals surface area contributed by atoms with Gasteiger partial charge in [0.05, 0.1) is 15.4 Å². The van der Waals surface area contributed by atoms with E-state index in [2.05, 4.69) is 10.4 Å². The summed E-state index contributed by atoms with van der Waals surface area (Å²) in [5.74, 6) is 0. The van der Waals surface area contributed by atoms with Gasteiger partial charge in [-0.2, -0.15) is 4.36 Å². The summed E-state index contributed by atoms with van der Waals surface area (Å²) in [5, 5.41) is 0. The molecule has 2 aromatic rings. The number of benzene rings is 2. The summed E-state index contributed by atoms with van der Waals surface area (Å²) in [6.07, 6.45) is 1.68. The Labute approximate surface area is 109 Å². The van der Waals surface area contributed by atoms with Gasteiger partial charge in [0.2, 0.25) is 0 Å². The molecule has 1 unspecified atom stereocenters. The van der Waals surface area contributed by atoms with Gasteiger partial charge >= 0.3 is 0 Å². The molecule has 0 saturated heterocycles. The molecule has 1 atom stereocenters. The van der Waals surface area contributed by atoms with Crippen molar-refractivity contribution in [3.8, 4) is 0 Å². The monoisotopic (exact) mass is 259 g/mol. The lowest BCUT2D eigenvalue weighted by molar-refractivity contribution is 0.681. The summed E-state index contributed by atoms with van der Waals surface area (Å²) < 4.78 is 17.0. The molecule has 2 rings (SSSR count). The zero-order valence-electron chi connectivity index (χ0n) is 10.9. The van der Waals surface area contributed by atoms with Crippen LogP contribution in [0.3, 0.4) is 0 Å². The largest absolute Gasteiger partial charge is 0.245 e. The molecule has 94 valence electrons. The van der Waals surface area contributed by atoms with Crippen LogP contribution in [0.5, 0.6) is 0 Å². The summed E-state index contributed by atoms with van der Waals surface area (Å²) in [4.78, 5) is 0.768. The van der Waals surface area contributed by atoms with Gasteiger partial charge in [-0.3, -0.25) is 0 Å². The lowest BCUT2D eigenvalue weighted by Crippen LogP contribution is -1.96. The minimum atomic E-state index is -2.37. The molecule has 0 N–H and O–H groups in total. The lowest BCUT2D eigenvalue weighted by atomic mass is 10.1. The summed E-state index contributed by atoms with van der Waals surface area (Å²) in [6, 6.07) is 15.4. The van der Waals surface area contributed by atoms with Crippen LogP contribution in [0, 0.1) is 13.8 Å². The van der Waals surface area contributed by atoms with Crippen molar-refractivity contribution in [2.24, 2.45) is 4.36 Å². The fourth-order valence-electron chi connectivity index (χ4n) is 1.93. The predicted octanol–water partition coefficient (Wildman–Crippen LogP) is 4.09. The highest BCUT2D eigenvalue weighted by Gasteiger charge is 2.05. The van der Waals surface area contributed by atoms with Crippen LogP contribution >= 0.6 is 0 Å². The first-order valence-corrected chi connectivity index (χ1v) is 7.75. The van der Waals surface area contributed by atoms with Crippen LogP contribution in [-0.2, 0) is 9.73 Å². The van der Waals surface area contributed by atoms with E-state index < -0.39 is 9.73 Å². The molecule has 0 amide bonds. The summed E-state index contributed by atoms with van der Waals surface area (Å²) >= 11 is 0. The molecule has 2 nitrogen and oxygen atoms in total. The molecular weight excluding hydrogens is 242 g/mol. The summed E-state index contributed by atoms with van der Waals surface area (Å²) in [5.41, 5.74) is 3.05. The first-order chi connectivity index (χ1) is 8.47. The Morgan fingerprint density at radius 2 is 1.50 bits per heavy atom. The maximum absolute atomic E-state index is 12.6. The molecule has 0 radical (unpaired) electrons. The topological polar surface area (TPSA) is 29.4 Å². The van der Waals surface area contributed by atoms with Crippen molar-refractivity contribution >= 4 is 15.4 Å². The van der Waals surface area contributed by atoms with E-state index in [1.165, 1.54) is 0 Å². The molecule has 0 aliphatic carbocycles. The van der Waals surface area contributed by atoms with E-state index in [0.717, 1.165) is 21.7 Å². The SMILES string of the molecule is Cc1cc(C)cc(N=S(C)(=O)c2ccccc2)c1. The maximum atomic E-state index is 12.6. The lowest BCUT2D eigenvalue weighted by Gasteiger charge is -2.05. The van der Waals surface area contributed by atoms with Crippen molar-refractivity contribution in [3.63, 3.8) is 0 Å². The zero-order chi connectivity index (χ0) is 13.2. The highest BCUT2D eigenvalue weighted by molar-refractivity contribution is 7.93. The Hall–Kier alpha value is -1.61. The fourth-order valence-corrected chi connectivity index (χ4v) is 3.21. The Bertz CT molecular complexity index is 648. The minimum Gasteiger partial charge on any atom is -0.245 e. The molecule has 18 heavy (non-hydrogen) atoms. The first kappa shape index (κ1) is 12.8. The van der Waals surface area contributed by atoms with Crippen molar-refractivity contribution in [2.45, 2.75) is 18.7 Å². The van der Waals surface area contributed by atoms with E-state index >= 15 is 0 Å². The second-order valence-electron chi connectivity index (χ2n) is 4.55. The highest BCUT2D eigenvalue weighted by atomic mass is 32.2. The van der Waals surface area contributed by atoms with Gasteiger partial charge in [-0.15, -0.1) is 0 Å². The van der Waals surface area contributed by atoms with Crippen LogP contribution in [0.2, 0.25) is 0 Å². The van der Waals surface area contributed by atoms with Crippen LogP contribution in [0.15, 0.2) is 57.8 Å². The fraction of sp³-hybridized carbons (Fsp3) is 0.200. The number of rotatable bonds is 2. The molecule has 0 bridgehead atoms. The summed E-state index contributed by atoms with van der Waals surface area (Å²) in [7, 11) is -2.37. The van der Waals surface area contributed by atoms with Gasteiger partial charge in [-0.25, -0.2) is 4.21 Å². The van der Waals surface area contributed by atoms with Crippen molar-refractivity contribution < 1.29 is 4.21 Å². The molecule has 0 aromatic heterocycles. The smallest absolute Gasteiger partial charge is 0.0771 e. The molecule has 0 aliphatic heterocycles. The van der Waals surface area contributed by atoms with E-state index in [4.69, 9.17) is 0 Å². The molecule has 0 aliphatic rings. The third-order valence-electron chi connectivity index (χ3n) is 2.67. The Morgan fingerprint density at radius 1 is 0.944 bits per heavy atom. The van der Waals surface area contributed by atoms with Gasteiger partial charge in [0.15, 0.2) is 0 Å². The Morgan fingerprint density at radius 3 is 2.06 bits per heavy atom. The zero-order valence-corrected chi connectivity index (χ0v) is 11.7. The van der Waals surface area contributed by atoms with Gasteiger partial charge in [0.1, 0.15) is 0 Å². The standard InChI is InChI=1S/C15H17NOS/c1-12-9-13(2)11-14(10-12)16-18(3,17)15-7-5-4-6-8-15/h4-11H,1-3H3. The molecule has 3 heteroatoms. The van der Waals surface area contributed by atoms with Gasteiger partial charge in [0, 0.05) is 11.2 Å². The van der Waals surface area contributed by atoms with E-state index in [-0.39, 0.29) is 0 Å². The molecule has 0 spiro atoms. The van der Waals surface area contributed by atoms with Gasteiger partial charge in [-0.1, -0.05) is 24.3 Å². The second kappa shape index (κ2) is 4.94. The van der Waals surface area contributed by atoms with E-state index in [1.807, 2.05) is 56.3 Å². The van der Waals surface area contributed by atoms with Crippen LogP contribution in [0.4, 0.5) is 5.69 Å².